The van der Waals surface area contributed by atoms with Gasteiger partial charge in [0.05, 0.1) is 25.5 Å². The number of guanidine groups is 1. The molecule has 0 spiro atoms. The van der Waals surface area contributed by atoms with Crippen LogP contribution >= 0.6 is 0 Å². The van der Waals surface area contributed by atoms with E-state index in [0.29, 0.717) is 19.0 Å². The minimum absolute atomic E-state index is 0.0883. The average molecular weight is 383 g/mol. The van der Waals surface area contributed by atoms with Crippen LogP contribution < -0.4 is 10.6 Å². The van der Waals surface area contributed by atoms with Gasteiger partial charge in [-0.15, -0.1) is 0 Å². The fourth-order valence-electron chi connectivity index (χ4n) is 2.73. The van der Waals surface area contributed by atoms with Crippen molar-refractivity contribution in [1.29, 1.82) is 0 Å². The molecule has 1 aliphatic heterocycles. The molecule has 1 fully saturated rings. The normalized spacial score (nSPS) is 16.5. The SMILES string of the molecule is CCNC(=NCc1ccccc1CN1CCOCC1)NCCS(C)(=O)=O. The minimum atomic E-state index is -2.99. The fourth-order valence-corrected chi connectivity index (χ4v) is 3.20. The third kappa shape index (κ3) is 7.72. The number of morpholine rings is 1. The number of rotatable bonds is 8. The lowest BCUT2D eigenvalue weighted by Gasteiger charge is -2.27. The fraction of sp³-hybridized carbons (Fsp3) is 0.611. The monoisotopic (exact) mass is 382 g/mol. The molecule has 1 aromatic rings. The summed E-state index contributed by atoms with van der Waals surface area (Å²) in [6.45, 7) is 7.98. The number of hydrogen-bond acceptors (Lipinski definition) is 5. The van der Waals surface area contributed by atoms with Gasteiger partial charge in [0, 0.05) is 39.0 Å². The number of ether oxygens (including phenoxy) is 1. The first-order chi connectivity index (χ1) is 12.5. The van der Waals surface area contributed by atoms with Crippen molar-refractivity contribution in [2.75, 3.05) is 51.4 Å². The molecule has 1 heterocycles. The van der Waals surface area contributed by atoms with Crippen LogP contribution in [0.5, 0.6) is 0 Å². The van der Waals surface area contributed by atoms with Crippen LogP contribution in [0.4, 0.5) is 0 Å². The summed E-state index contributed by atoms with van der Waals surface area (Å²) in [4.78, 5) is 7.00. The van der Waals surface area contributed by atoms with Crippen LogP contribution in [0.2, 0.25) is 0 Å². The van der Waals surface area contributed by atoms with Crippen molar-refractivity contribution in [3.63, 3.8) is 0 Å². The first kappa shape index (κ1) is 20.7. The standard InChI is InChI=1S/C18H30N4O3S/c1-3-19-18(20-8-13-26(2,23)24)21-14-16-6-4-5-7-17(16)15-22-9-11-25-12-10-22/h4-7H,3,8-15H2,1-2H3,(H2,19,20,21). The quantitative estimate of drug-likeness (QED) is 0.507. The first-order valence-corrected chi connectivity index (χ1v) is 11.1. The molecule has 0 aliphatic carbocycles. The highest BCUT2D eigenvalue weighted by Crippen LogP contribution is 2.14. The van der Waals surface area contributed by atoms with Gasteiger partial charge in [0.1, 0.15) is 9.84 Å². The summed E-state index contributed by atoms with van der Waals surface area (Å²) < 4.78 is 28.0. The van der Waals surface area contributed by atoms with E-state index in [1.165, 1.54) is 17.4 Å². The van der Waals surface area contributed by atoms with Crippen molar-refractivity contribution in [2.24, 2.45) is 4.99 Å². The van der Waals surface area contributed by atoms with Gasteiger partial charge in [0.2, 0.25) is 0 Å². The number of hydrogen-bond donors (Lipinski definition) is 2. The van der Waals surface area contributed by atoms with E-state index in [-0.39, 0.29) is 5.75 Å². The smallest absolute Gasteiger partial charge is 0.191 e. The van der Waals surface area contributed by atoms with Crippen LogP contribution in [0.3, 0.4) is 0 Å². The van der Waals surface area contributed by atoms with E-state index in [1.807, 2.05) is 13.0 Å². The maximum atomic E-state index is 11.3. The molecule has 1 saturated heterocycles. The number of nitrogens with one attached hydrogen (secondary N) is 2. The molecule has 0 radical (unpaired) electrons. The Labute approximate surface area is 156 Å². The van der Waals surface area contributed by atoms with Gasteiger partial charge in [-0.05, 0) is 18.1 Å². The first-order valence-electron chi connectivity index (χ1n) is 9.04. The lowest BCUT2D eigenvalue weighted by atomic mass is 10.1. The van der Waals surface area contributed by atoms with Crippen molar-refractivity contribution in [1.82, 2.24) is 15.5 Å². The van der Waals surface area contributed by atoms with Crippen LogP contribution in [-0.4, -0.2) is 70.7 Å². The van der Waals surface area contributed by atoms with Crippen molar-refractivity contribution >= 4 is 15.8 Å². The van der Waals surface area contributed by atoms with Crippen LogP contribution in [-0.2, 0) is 27.7 Å². The number of aliphatic imine (C=N–C) groups is 1. The van der Waals surface area contributed by atoms with Gasteiger partial charge in [-0.1, -0.05) is 24.3 Å². The van der Waals surface area contributed by atoms with Gasteiger partial charge in [-0.25, -0.2) is 13.4 Å². The van der Waals surface area contributed by atoms with Gasteiger partial charge in [-0.3, -0.25) is 4.90 Å². The summed E-state index contributed by atoms with van der Waals surface area (Å²) in [5.74, 6) is 0.725. The number of nitrogens with zero attached hydrogens (tertiary/aromatic N) is 2. The average Bonchev–Trinajstić information content (AvgIpc) is 2.60. The lowest BCUT2D eigenvalue weighted by Crippen LogP contribution is -2.39. The van der Waals surface area contributed by atoms with E-state index >= 15 is 0 Å². The maximum Gasteiger partial charge on any atom is 0.191 e. The van der Waals surface area contributed by atoms with E-state index < -0.39 is 9.84 Å². The lowest BCUT2D eigenvalue weighted by molar-refractivity contribution is 0.0341. The molecule has 0 saturated carbocycles. The topological polar surface area (TPSA) is 83.0 Å². The van der Waals surface area contributed by atoms with Crippen LogP contribution in [0.25, 0.3) is 0 Å². The summed E-state index contributed by atoms with van der Waals surface area (Å²) in [5, 5.41) is 6.24. The molecule has 0 bridgehead atoms. The second-order valence-corrected chi connectivity index (χ2v) is 8.67. The molecular weight excluding hydrogens is 352 g/mol. The molecule has 1 aliphatic rings. The summed E-state index contributed by atoms with van der Waals surface area (Å²) in [5.41, 5.74) is 2.45. The molecular formula is C18H30N4O3S. The Kier molecular flexibility index (Phi) is 8.34. The molecule has 8 heteroatoms. The molecule has 0 amide bonds. The second-order valence-electron chi connectivity index (χ2n) is 6.41. The highest BCUT2D eigenvalue weighted by Gasteiger charge is 2.12. The van der Waals surface area contributed by atoms with Gasteiger partial charge in [0.15, 0.2) is 5.96 Å². The van der Waals surface area contributed by atoms with E-state index in [4.69, 9.17) is 4.74 Å². The van der Waals surface area contributed by atoms with E-state index in [0.717, 1.165) is 39.4 Å². The summed E-state index contributed by atoms with van der Waals surface area (Å²) in [6, 6.07) is 8.32. The molecule has 26 heavy (non-hydrogen) atoms. The van der Waals surface area contributed by atoms with Crippen LogP contribution in [0.1, 0.15) is 18.1 Å². The van der Waals surface area contributed by atoms with E-state index in [1.54, 1.807) is 0 Å². The Morgan fingerprint density at radius 3 is 2.54 bits per heavy atom. The third-order valence-electron chi connectivity index (χ3n) is 4.13. The zero-order chi connectivity index (χ0) is 18.8. The Hall–Kier alpha value is -1.64. The zero-order valence-corrected chi connectivity index (χ0v) is 16.5. The second kappa shape index (κ2) is 10.5. The largest absolute Gasteiger partial charge is 0.379 e. The molecule has 0 unspecified atom stereocenters. The molecule has 1 aromatic carbocycles. The number of sulfone groups is 1. The summed E-state index contributed by atoms with van der Waals surface area (Å²) in [7, 11) is -2.99. The van der Waals surface area contributed by atoms with E-state index in [9.17, 15) is 8.42 Å². The summed E-state index contributed by atoms with van der Waals surface area (Å²) >= 11 is 0. The summed E-state index contributed by atoms with van der Waals surface area (Å²) in [6.07, 6.45) is 1.24. The number of benzene rings is 1. The van der Waals surface area contributed by atoms with Crippen molar-refractivity contribution in [2.45, 2.75) is 20.0 Å². The predicted octanol–water partition coefficient (Wildman–Crippen LogP) is 0.619. The van der Waals surface area contributed by atoms with Gasteiger partial charge in [-0.2, -0.15) is 0 Å². The highest BCUT2D eigenvalue weighted by molar-refractivity contribution is 7.90. The highest BCUT2D eigenvalue weighted by atomic mass is 32.2. The van der Waals surface area contributed by atoms with Crippen LogP contribution in [0, 0.1) is 0 Å². The zero-order valence-electron chi connectivity index (χ0n) is 15.7. The Balaban J connectivity index is 1.98. The molecule has 146 valence electrons. The predicted molar refractivity (Wildman–Crippen MR) is 105 cm³/mol. The minimum Gasteiger partial charge on any atom is -0.379 e. The molecule has 7 nitrogen and oxygen atoms in total. The van der Waals surface area contributed by atoms with Crippen molar-refractivity contribution in [3.05, 3.63) is 35.4 Å². The van der Waals surface area contributed by atoms with Crippen molar-refractivity contribution < 1.29 is 13.2 Å². The molecule has 2 N–H and O–H groups in total. The Morgan fingerprint density at radius 2 is 1.88 bits per heavy atom. The van der Waals surface area contributed by atoms with Gasteiger partial charge >= 0.3 is 0 Å². The van der Waals surface area contributed by atoms with Crippen LogP contribution in [0.15, 0.2) is 29.3 Å². The maximum absolute atomic E-state index is 11.3. The Bertz CT molecular complexity index is 685. The van der Waals surface area contributed by atoms with Crippen molar-refractivity contribution in [3.8, 4) is 0 Å². The molecule has 0 aromatic heterocycles. The molecule has 2 rings (SSSR count). The molecule has 0 atom stereocenters. The third-order valence-corrected chi connectivity index (χ3v) is 5.08. The van der Waals surface area contributed by atoms with Gasteiger partial charge in [0.25, 0.3) is 0 Å². The van der Waals surface area contributed by atoms with E-state index in [2.05, 4.69) is 38.7 Å². The van der Waals surface area contributed by atoms with Gasteiger partial charge < -0.3 is 15.4 Å². The Morgan fingerprint density at radius 1 is 1.19 bits per heavy atom.